The van der Waals surface area contributed by atoms with Gasteiger partial charge in [-0.25, -0.2) is 26.3 Å². The highest BCUT2D eigenvalue weighted by Gasteiger charge is 2.16. The van der Waals surface area contributed by atoms with Gasteiger partial charge in [0.1, 0.15) is 5.82 Å². The number of carbonyl (C=O) groups excluding carboxylic acids is 1. The number of nitrogens with one attached hydrogen (secondary N) is 2. The van der Waals surface area contributed by atoms with Gasteiger partial charge in [0.2, 0.25) is 15.9 Å². The zero-order chi connectivity index (χ0) is 18.4. The van der Waals surface area contributed by atoms with Crippen LogP contribution in [0.4, 0.5) is 13.2 Å². The van der Waals surface area contributed by atoms with Crippen molar-refractivity contribution in [2.45, 2.75) is 17.9 Å². The van der Waals surface area contributed by atoms with Crippen LogP contribution in [0.5, 0.6) is 0 Å². The minimum atomic E-state index is -4.05. The lowest BCUT2D eigenvalue weighted by Crippen LogP contribution is -2.30. The molecule has 2 aromatic carbocycles. The normalized spacial score (nSPS) is 11.3. The SMILES string of the molecule is O=C(CCNS(=O)(=O)c1ccc(F)c(F)c1)NCc1ccc(F)cc1. The van der Waals surface area contributed by atoms with E-state index in [0.29, 0.717) is 17.7 Å². The lowest BCUT2D eigenvalue weighted by molar-refractivity contribution is -0.121. The number of hydrogen-bond donors (Lipinski definition) is 2. The van der Waals surface area contributed by atoms with Gasteiger partial charge in [0.25, 0.3) is 0 Å². The molecule has 0 saturated heterocycles. The second-order valence-electron chi connectivity index (χ2n) is 5.13. The van der Waals surface area contributed by atoms with Crippen LogP contribution in [0.15, 0.2) is 47.4 Å². The van der Waals surface area contributed by atoms with E-state index in [1.54, 1.807) is 0 Å². The first-order valence-electron chi connectivity index (χ1n) is 7.24. The summed E-state index contributed by atoms with van der Waals surface area (Å²) in [5.41, 5.74) is 0.692. The van der Waals surface area contributed by atoms with Crippen LogP contribution < -0.4 is 10.0 Å². The molecular formula is C16H15F3N2O3S. The molecule has 2 rings (SSSR count). The molecule has 2 aromatic rings. The van der Waals surface area contributed by atoms with Gasteiger partial charge in [-0.1, -0.05) is 12.1 Å². The van der Waals surface area contributed by atoms with E-state index in [0.717, 1.165) is 6.07 Å². The summed E-state index contributed by atoms with van der Waals surface area (Å²) in [6.45, 7) is -0.0361. The Balaban J connectivity index is 1.81. The lowest BCUT2D eigenvalue weighted by Gasteiger charge is -2.08. The Hall–Kier alpha value is -2.39. The molecule has 5 nitrogen and oxygen atoms in total. The van der Waals surface area contributed by atoms with E-state index in [1.165, 1.54) is 24.3 Å². The molecule has 134 valence electrons. The molecule has 0 unspecified atom stereocenters. The third-order valence-corrected chi connectivity index (χ3v) is 4.71. The van der Waals surface area contributed by atoms with Crippen LogP contribution in [0.1, 0.15) is 12.0 Å². The second kappa shape index (κ2) is 8.13. The highest BCUT2D eigenvalue weighted by atomic mass is 32.2. The summed E-state index contributed by atoms with van der Waals surface area (Å²) >= 11 is 0. The number of amides is 1. The van der Waals surface area contributed by atoms with Gasteiger partial charge in [0.15, 0.2) is 11.6 Å². The molecule has 1 amide bonds. The Bertz CT molecular complexity index is 855. The standard InChI is InChI=1S/C16H15F3N2O3S/c17-12-3-1-11(2-4-12)10-20-16(22)7-8-21-25(23,24)13-5-6-14(18)15(19)9-13/h1-6,9,21H,7-8,10H2,(H,20,22). The van der Waals surface area contributed by atoms with Crippen molar-refractivity contribution in [3.8, 4) is 0 Å². The van der Waals surface area contributed by atoms with E-state index in [4.69, 9.17) is 0 Å². The number of halogens is 3. The number of hydrogen-bond acceptors (Lipinski definition) is 3. The summed E-state index contributed by atoms with van der Waals surface area (Å²) in [4.78, 5) is 11.2. The molecule has 0 aliphatic rings. The molecule has 0 atom stereocenters. The second-order valence-corrected chi connectivity index (χ2v) is 6.89. The molecule has 0 saturated carbocycles. The average molecular weight is 372 g/mol. The van der Waals surface area contributed by atoms with Gasteiger partial charge in [-0.05, 0) is 35.9 Å². The highest BCUT2D eigenvalue weighted by Crippen LogP contribution is 2.13. The Morgan fingerprint density at radius 2 is 1.64 bits per heavy atom. The Kier molecular flexibility index (Phi) is 6.16. The fraction of sp³-hybridized carbons (Fsp3) is 0.188. The van der Waals surface area contributed by atoms with Crippen LogP contribution >= 0.6 is 0 Å². The topological polar surface area (TPSA) is 75.3 Å². The zero-order valence-corrected chi connectivity index (χ0v) is 13.7. The Labute approximate surface area is 142 Å². The maximum atomic E-state index is 13.1. The fourth-order valence-electron chi connectivity index (χ4n) is 1.92. The molecule has 0 aromatic heterocycles. The lowest BCUT2D eigenvalue weighted by atomic mass is 10.2. The van der Waals surface area contributed by atoms with Crippen LogP contribution in [-0.4, -0.2) is 20.9 Å². The predicted molar refractivity (Wildman–Crippen MR) is 84.4 cm³/mol. The average Bonchev–Trinajstić information content (AvgIpc) is 2.56. The number of rotatable bonds is 7. The van der Waals surface area contributed by atoms with Crippen molar-refractivity contribution < 1.29 is 26.4 Å². The molecule has 0 radical (unpaired) electrons. The van der Waals surface area contributed by atoms with Crippen LogP contribution in [0, 0.1) is 17.5 Å². The van der Waals surface area contributed by atoms with E-state index in [1.807, 2.05) is 0 Å². The van der Waals surface area contributed by atoms with Crippen LogP contribution in [0.25, 0.3) is 0 Å². The van der Waals surface area contributed by atoms with E-state index in [2.05, 4.69) is 10.0 Å². The van der Waals surface area contributed by atoms with Crippen LogP contribution in [0.2, 0.25) is 0 Å². The third-order valence-electron chi connectivity index (χ3n) is 3.25. The fourth-order valence-corrected chi connectivity index (χ4v) is 2.96. The van der Waals surface area contributed by atoms with Crippen molar-refractivity contribution in [1.82, 2.24) is 10.0 Å². The van der Waals surface area contributed by atoms with E-state index in [9.17, 15) is 26.4 Å². The first-order valence-corrected chi connectivity index (χ1v) is 8.72. The smallest absolute Gasteiger partial charge is 0.240 e. The van der Waals surface area contributed by atoms with Gasteiger partial charge in [-0.2, -0.15) is 0 Å². The van der Waals surface area contributed by atoms with Gasteiger partial charge in [0, 0.05) is 19.5 Å². The van der Waals surface area contributed by atoms with Gasteiger partial charge >= 0.3 is 0 Å². The van der Waals surface area contributed by atoms with Gasteiger partial charge in [-0.3, -0.25) is 4.79 Å². The first kappa shape index (κ1) is 18.9. The van der Waals surface area contributed by atoms with Crippen molar-refractivity contribution in [3.05, 3.63) is 65.5 Å². The van der Waals surface area contributed by atoms with Crippen molar-refractivity contribution in [1.29, 1.82) is 0 Å². The largest absolute Gasteiger partial charge is 0.352 e. The summed E-state index contributed by atoms with van der Waals surface area (Å²) < 4.78 is 64.6. The summed E-state index contributed by atoms with van der Waals surface area (Å²) in [6, 6.07) is 7.75. The molecule has 0 aliphatic heterocycles. The van der Waals surface area contributed by atoms with Crippen LogP contribution in [0.3, 0.4) is 0 Å². The van der Waals surface area contributed by atoms with Crippen molar-refractivity contribution in [3.63, 3.8) is 0 Å². The van der Waals surface area contributed by atoms with Crippen LogP contribution in [-0.2, 0) is 21.4 Å². The molecule has 9 heteroatoms. The molecule has 0 fully saturated rings. The monoisotopic (exact) mass is 372 g/mol. The third kappa shape index (κ3) is 5.57. The van der Waals surface area contributed by atoms with E-state index in [-0.39, 0.29) is 25.3 Å². The Morgan fingerprint density at radius 3 is 2.28 bits per heavy atom. The van der Waals surface area contributed by atoms with Crippen molar-refractivity contribution in [2.75, 3.05) is 6.54 Å². The molecule has 0 aliphatic carbocycles. The first-order chi connectivity index (χ1) is 11.8. The highest BCUT2D eigenvalue weighted by molar-refractivity contribution is 7.89. The van der Waals surface area contributed by atoms with Crippen molar-refractivity contribution >= 4 is 15.9 Å². The van der Waals surface area contributed by atoms with Crippen molar-refractivity contribution in [2.24, 2.45) is 0 Å². The summed E-state index contributed by atoms with van der Waals surface area (Å²) in [5, 5.41) is 2.56. The molecule has 2 N–H and O–H groups in total. The van der Waals surface area contributed by atoms with Gasteiger partial charge in [-0.15, -0.1) is 0 Å². The maximum Gasteiger partial charge on any atom is 0.240 e. The number of carbonyl (C=O) groups is 1. The van der Waals surface area contributed by atoms with Gasteiger partial charge < -0.3 is 5.32 Å². The summed E-state index contributed by atoms with van der Waals surface area (Å²) in [7, 11) is -4.05. The Morgan fingerprint density at radius 1 is 0.960 bits per heavy atom. The predicted octanol–water partition coefficient (Wildman–Crippen LogP) is 2.09. The van der Waals surface area contributed by atoms with Gasteiger partial charge in [0.05, 0.1) is 4.90 Å². The van der Waals surface area contributed by atoms with E-state index >= 15 is 0 Å². The molecular weight excluding hydrogens is 357 g/mol. The summed E-state index contributed by atoms with van der Waals surface area (Å²) in [5.74, 6) is -3.24. The zero-order valence-electron chi connectivity index (χ0n) is 12.9. The molecule has 0 bridgehead atoms. The van der Waals surface area contributed by atoms with E-state index < -0.39 is 32.5 Å². The minimum Gasteiger partial charge on any atom is -0.352 e. The number of benzene rings is 2. The maximum absolute atomic E-state index is 13.1. The molecule has 0 spiro atoms. The molecule has 0 heterocycles. The minimum absolute atomic E-state index is 0.149. The number of sulfonamides is 1. The summed E-state index contributed by atoms with van der Waals surface area (Å²) in [6.07, 6.45) is -0.149. The molecule has 25 heavy (non-hydrogen) atoms. The quantitative estimate of drug-likeness (QED) is 0.782.